The van der Waals surface area contributed by atoms with Gasteiger partial charge < -0.3 is 5.32 Å². The fourth-order valence-electron chi connectivity index (χ4n) is 2.29. The number of rotatable bonds is 6. The predicted molar refractivity (Wildman–Crippen MR) is 96.6 cm³/mol. The number of amides is 1. The number of hydrogen-bond donors (Lipinski definition) is 1. The molecule has 0 aromatic heterocycles. The lowest BCUT2D eigenvalue weighted by atomic mass is 10.1. The third-order valence-corrected chi connectivity index (χ3v) is 5.77. The van der Waals surface area contributed by atoms with Gasteiger partial charge in [-0.2, -0.15) is 0 Å². The van der Waals surface area contributed by atoms with E-state index in [9.17, 15) is 17.6 Å². The van der Waals surface area contributed by atoms with Crippen molar-refractivity contribution in [2.45, 2.75) is 19.9 Å². The van der Waals surface area contributed by atoms with Gasteiger partial charge in [0.25, 0.3) is 5.91 Å². The summed E-state index contributed by atoms with van der Waals surface area (Å²) in [6.45, 7) is 3.38. The molecule has 0 aliphatic heterocycles. The zero-order valence-corrected chi connectivity index (χ0v) is 15.2. The Bertz CT molecular complexity index is 834. The van der Waals surface area contributed by atoms with Crippen molar-refractivity contribution in [1.82, 2.24) is 5.32 Å². The molecule has 0 heterocycles. The first-order valence-corrected chi connectivity index (χ1v) is 9.48. The van der Waals surface area contributed by atoms with E-state index in [1.807, 2.05) is 0 Å². The number of sulfonamides is 1. The lowest BCUT2D eigenvalue weighted by Crippen LogP contribution is -2.28. The molecular formula is C18H21FN2O3S. The van der Waals surface area contributed by atoms with Gasteiger partial charge in [0.05, 0.1) is 17.5 Å². The molecule has 0 aliphatic rings. The van der Waals surface area contributed by atoms with Crippen molar-refractivity contribution in [3.63, 3.8) is 0 Å². The van der Waals surface area contributed by atoms with Crippen molar-refractivity contribution in [3.8, 4) is 0 Å². The van der Waals surface area contributed by atoms with E-state index in [0.717, 1.165) is 5.56 Å². The number of anilines is 1. The Balaban J connectivity index is 2.09. The van der Waals surface area contributed by atoms with Crippen LogP contribution in [0.1, 0.15) is 35.8 Å². The van der Waals surface area contributed by atoms with E-state index in [1.54, 1.807) is 50.2 Å². The quantitative estimate of drug-likeness (QED) is 0.856. The second-order valence-corrected chi connectivity index (χ2v) is 7.95. The molecule has 0 aliphatic carbocycles. The summed E-state index contributed by atoms with van der Waals surface area (Å²) < 4.78 is 37.9. The molecule has 0 saturated carbocycles. The van der Waals surface area contributed by atoms with Gasteiger partial charge >= 0.3 is 0 Å². The molecule has 0 fully saturated rings. The average molecular weight is 364 g/mol. The molecule has 2 aromatic rings. The normalized spacial score (nSPS) is 12.5. The summed E-state index contributed by atoms with van der Waals surface area (Å²) in [5.41, 5.74) is 1.70. The minimum absolute atomic E-state index is 0.000915. The number of hydrogen-bond acceptors (Lipinski definition) is 3. The van der Waals surface area contributed by atoms with Crippen molar-refractivity contribution >= 4 is 21.6 Å². The highest BCUT2D eigenvalue weighted by Gasteiger charge is 2.17. The highest BCUT2D eigenvalue weighted by molar-refractivity contribution is 7.92. The van der Waals surface area contributed by atoms with Crippen LogP contribution >= 0.6 is 0 Å². The fraction of sp³-hybridized carbons (Fsp3) is 0.278. The molecule has 1 amide bonds. The molecule has 7 heteroatoms. The molecule has 5 nitrogen and oxygen atoms in total. The van der Waals surface area contributed by atoms with E-state index in [-0.39, 0.29) is 23.5 Å². The maximum Gasteiger partial charge on any atom is 0.251 e. The topological polar surface area (TPSA) is 66.5 Å². The van der Waals surface area contributed by atoms with Crippen LogP contribution < -0.4 is 9.62 Å². The Morgan fingerprint density at radius 1 is 1.12 bits per heavy atom. The van der Waals surface area contributed by atoms with Crippen molar-refractivity contribution in [2.75, 3.05) is 17.1 Å². The summed E-state index contributed by atoms with van der Waals surface area (Å²) in [4.78, 5) is 12.3. The second-order valence-electron chi connectivity index (χ2n) is 5.66. The highest BCUT2D eigenvalue weighted by Crippen LogP contribution is 2.18. The Labute approximate surface area is 147 Å². The number of carbonyl (C=O) groups excluding carboxylic acids is 1. The van der Waals surface area contributed by atoms with Crippen LogP contribution in [0, 0.1) is 5.82 Å². The van der Waals surface area contributed by atoms with E-state index < -0.39 is 10.0 Å². The Morgan fingerprint density at radius 3 is 2.20 bits per heavy atom. The molecule has 0 bridgehead atoms. The van der Waals surface area contributed by atoms with Gasteiger partial charge in [0.2, 0.25) is 10.0 Å². The number of nitrogens with one attached hydrogen (secondary N) is 1. The smallest absolute Gasteiger partial charge is 0.251 e. The summed E-state index contributed by atoms with van der Waals surface area (Å²) in [7, 11) is -1.86. The van der Waals surface area contributed by atoms with E-state index in [2.05, 4.69) is 5.32 Å². The van der Waals surface area contributed by atoms with Gasteiger partial charge in [-0.15, -0.1) is 0 Å². The van der Waals surface area contributed by atoms with Gasteiger partial charge in [-0.1, -0.05) is 12.1 Å². The van der Waals surface area contributed by atoms with Gasteiger partial charge in [-0.05, 0) is 55.8 Å². The molecule has 1 atom stereocenters. The van der Waals surface area contributed by atoms with E-state index in [4.69, 9.17) is 0 Å². The van der Waals surface area contributed by atoms with E-state index in [0.29, 0.717) is 11.3 Å². The number of carbonyl (C=O) groups is 1. The average Bonchev–Trinajstić information content (AvgIpc) is 2.61. The van der Waals surface area contributed by atoms with Crippen LogP contribution in [0.2, 0.25) is 0 Å². The zero-order chi connectivity index (χ0) is 18.6. The molecule has 2 rings (SSSR count). The molecule has 2 aromatic carbocycles. The molecule has 1 N–H and O–H groups in total. The van der Waals surface area contributed by atoms with Crippen LogP contribution in [0.15, 0.2) is 48.5 Å². The summed E-state index contributed by atoms with van der Waals surface area (Å²) >= 11 is 0. The SMILES string of the molecule is CCS(=O)(=O)N(C)c1ccc(C(=O)NC(C)c2ccc(F)cc2)cc1. The fourth-order valence-corrected chi connectivity index (χ4v) is 3.12. The van der Waals surface area contributed by atoms with Crippen molar-refractivity contribution in [2.24, 2.45) is 0 Å². The minimum atomic E-state index is -3.34. The zero-order valence-electron chi connectivity index (χ0n) is 14.4. The maximum atomic E-state index is 13.0. The first-order valence-electron chi connectivity index (χ1n) is 7.87. The second kappa shape index (κ2) is 7.65. The van der Waals surface area contributed by atoms with Crippen molar-refractivity contribution < 1.29 is 17.6 Å². The third-order valence-electron chi connectivity index (χ3n) is 3.99. The molecule has 1 unspecified atom stereocenters. The number of halogens is 1. The molecular weight excluding hydrogens is 343 g/mol. The van der Waals surface area contributed by atoms with Crippen LogP contribution in [-0.4, -0.2) is 27.1 Å². The van der Waals surface area contributed by atoms with Gasteiger partial charge in [-0.3, -0.25) is 9.10 Å². The number of nitrogens with zero attached hydrogens (tertiary/aromatic N) is 1. The lowest BCUT2D eigenvalue weighted by Gasteiger charge is -2.19. The maximum absolute atomic E-state index is 13.0. The molecule has 0 radical (unpaired) electrons. The van der Waals surface area contributed by atoms with E-state index >= 15 is 0 Å². The minimum Gasteiger partial charge on any atom is -0.346 e. The van der Waals surface area contributed by atoms with Crippen LogP contribution in [0.5, 0.6) is 0 Å². The monoisotopic (exact) mass is 364 g/mol. The first kappa shape index (κ1) is 18.9. The highest BCUT2D eigenvalue weighted by atomic mass is 32.2. The largest absolute Gasteiger partial charge is 0.346 e. The van der Waals surface area contributed by atoms with Crippen molar-refractivity contribution in [1.29, 1.82) is 0 Å². The summed E-state index contributed by atoms with van der Waals surface area (Å²) in [6.07, 6.45) is 0. The molecule has 0 saturated heterocycles. The Kier molecular flexibility index (Phi) is 5.79. The number of benzene rings is 2. The first-order chi connectivity index (χ1) is 11.7. The molecule has 134 valence electrons. The Morgan fingerprint density at radius 2 is 1.68 bits per heavy atom. The molecule has 25 heavy (non-hydrogen) atoms. The predicted octanol–water partition coefficient (Wildman–Crippen LogP) is 3.10. The van der Waals surface area contributed by atoms with E-state index in [1.165, 1.54) is 23.5 Å². The van der Waals surface area contributed by atoms with Gasteiger partial charge in [-0.25, -0.2) is 12.8 Å². The third kappa shape index (κ3) is 4.57. The lowest BCUT2D eigenvalue weighted by molar-refractivity contribution is 0.0940. The molecule has 0 spiro atoms. The van der Waals surface area contributed by atoms with Crippen molar-refractivity contribution in [3.05, 3.63) is 65.5 Å². The van der Waals surface area contributed by atoms with Gasteiger partial charge in [0.15, 0.2) is 0 Å². The van der Waals surface area contributed by atoms with Crippen LogP contribution in [0.25, 0.3) is 0 Å². The van der Waals surface area contributed by atoms with Crippen LogP contribution in [0.3, 0.4) is 0 Å². The summed E-state index contributed by atoms with van der Waals surface area (Å²) in [5, 5.41) is 2.83. The van der Waals surface area contributed by atoms with Crippen LogP contribution in [0.4, 0.5) is 10.1 Å². The Hall–Kier alpha value is -2.41. The standard InChI is InChI=1S/C18H21FN2O3S/c1-4-25(23,24)21(3)17-11-7-15(8-12-17)18(22)20-13(2)14-5-9-16(19)10-6-14/h5-13H,4H2,1-3H3,(H,20,22). The summed E-state index contributed by atoms with van der Waals surface area (Å²) in [5.74, 6) is -0.616. The van der Waals surface area contributed by atoms with Gasteiger partial charge in [0, 0.05) is 12.6 Å². The van der Waals surface area contributed by atoms with Gasteiger partial charge in [0.1, 0.15) is 5.82 Å². The van der Waals surface area contributed by atoms with Crippen LogP contribution in [-0.2, 0) is 10.0 Å². The summed E-state index contributed by atoms with van der Waals surface area (Å²) in [6, 6.07) is 12.0.